The summed E-state index contributed by atoms with van der Waals surface area (Å²) in [4.78, 5) is 29.5. The van der Waals surface area contributed by atoms with Crippen LogP contribution in [0.3, 0.4) is 0 Å². The van der Waals surface area contributed by atoms with Crippen LogP contribution in [0.25, 0.3) is 6.08 Å². The van der Waals surface area contributed by atoms with Crippen LogP contribution in [0.15, 0.2) is 82.7 Å². The number of benzene rings is 3. The van der Waals surface area contributed by atoms with E-state index in [1.54, 1.807) is 54.6 Å². The third kappa shape index (κ3) is 5.23. The van der Waals surface area contributed by atoms with Crippen LogP contribution < -0.4 is 10.1 Å². The molecule has 1 amide bonds. The standard InChI is InChI=1S/C24H17ClN2O3S/c1-15-5-4-6-17(13-15)23(29)30-18-11-9-16(10-12-18)14-21-22(28)27-24(31-21)26-20-8-3-2-7-19(20)25/h2-14H,1H3,(H,26,27,28)/b21-14+. The highest BCUT2D eigenvalue weighted by Crippen LogP contribution is 2.31. The van der Waals surface area contributed by atoms with E-state index in [0.717, 1.165) is 11.1 Å². The maximum atomic E-state index is 12.3. The molecule has 4 rings (SSSR count). The second kappa shape index (κ2) is 9.20. The lowest BCUT2D eigenvalue weighted by Gasteiger charge is -2.05. The highest BCUT2D eigenvalue weighted by atomic mass is 35.5. The van der Waals surface area contributed by atoms with Crippen LogP contribution >= 0.6 is 23.4 Å². The number of nitrogens with one attached hydrogen (secondary N) is 1. The van der Waals surface area contributed by atoms with Gasteiger partial charge in [0.1, 0.15) is 5.75 Å². The molecule has 1 N–H and O–H groups in total. The molecule has 1 fully saturated rings. The highest BCUT2D eigenvalue weighted by molar-refractivity contribution is 8.18. The topological polar surface area (TPSA) is 67.8 Å². The number of thioether (sulfide) groups is 1. The molecule has 1 aliphatic rings. The zero-order chi connectivity index (χ0) is 21.8. The van der Waals surface area contributed by atoms with Crippen molar-refractivity contribution in [2.75, 3.05) is 0 Å². The number of esters is 1. The van der Waals surface area contributed by atoms with Gasteiger partial charge in [-0.05, 0) is 66.7 Å². The molecular weight excluding hydrogens is 432 g/mol. The fourth-order valence-corrected chi connectivity index (χ4v) is 3.87. The molecule has 1 saturated heterocycles. The lowest BCUT2D eigenvalue weighted by atomic mass is 10.1. The maximum Gasteiger partial charge on any atom is 0.343 e. The number of amidine groups is 1. The highest BCUT2D eigenvalue weighted by Gasteiger charge is 2.24. The third-order valence-electron chi connectivity index (χ3n) is 4.37. The predicted octanol–water partition coefficient (Wildman–Crippen LogP) is 5.76. The van der Waals surface area contributed by atoms with E-state index in [2.05, 4.69) is 10.3 Å². The minimum absolute atomic E-state index is 0.231. The van der Waals surface area contributed by atoms with Crippen molar-refractivity contribution < 1.29 is 14.3 Å². The van der Waals surface area contributed by atoms with E-state index in [4.69, 9.17) is 16.3 Å². The number of halogens is 1. The second-order valence-corrected chi connectivity index (χ2v) is 8.20. The number of amides is 1. The Balaban J connectivity index is 1.45. The molecular formula is C24H17ClN2O3S. The first-order valence-electron chi connectivity index (χ1n) is 9.41. The Labute approximate surface area is 188 Å². The summed E-state index contributed by atoms with van der Waals surface area (Å²) in [5.74, 6) is -0.218. The second-order valence-electron chi connectivity index (χ2n) is 6.76. The first-order valence-corrected chi connectivity index (χ1v) is 10.6. The van der Waals surface area contributed by atoms with Crippen molar-refractivity contribution in [3.8, 4) is 5.75 Å². The zero-order valence-electron chi connectivity index (χ0n) is 16.5. The Morgan fingerprint density at radius 3 is 2.58 bits per heavy atom. The van der Waals surface area contributed by atoms with Gasteiger partial charge >= 0.3 is 5.97 Å². The van der Waals surface area contributed by atoms with Crippen LogP contribution in [0.4, 0.5) is 5.69 Å². The lowest BCUT2D eigenvalue weighted by Crippen LogP contribution is -2.19. The summed E-state index contributed by atoms with van der Waals surface area (Å²) in [6.07, 6.45) is 1.75. The molecule has 1 heterocycles. The van der Waals surface area contributed by atoms with Crippen molar-refractivity contribution in [1.29, 1.82) is 0 Å². The quantitative estimate of drug-likeness (QED) is 0.313. The van der Waals surface area contributed by atoms with Gasteiger partial charge in [-0.15, -0.1) is 0 Å². The van der Waals surface area contributed by atoms with Crippen molar-refractivity contribution in [2.45, 2.75) is 6.92 Å². The number of para-hydroxylation sites is 1. The van der Waals surface area contributed by atoms with E-state index >= 15 is 0 Å². The SMILES string of the molecule is Cc1cccc(C(=O)Oc2ccc(/C=C3/SC(=Nc4ccccc4Cl)NC3=O)cc2)c1. The third-order valence-corrected chi connectivity index (χ3v) is 5.60. The molecule has 0 atom stereocenters. The summed E-state index contributed by atoms with van der Waals surface area (Å²) in [6.45, 7) is 1.92. The van der Waals surface area contributed by atoms with Gasteiger partial charge < -0.3 is 10.1 Å². The van der Waals surface area contributed by atoms with Gasteiger partial charge in [0.25, 0.3) is 5.91 Å². The van der Waals surface area contributed by atoms with E-state index in [1.807, 2.05) is 31.2 Å². The number of nitrogens with zero attached hydrogens (tertiary/aromatic N) is 1. The average Bonchev–Trinajstić information content (AvgIpc) is 3.10. The van der Waals surface area contributed by atoms with Gasteiger partial charge in [0, 0.05) is 0 Å². The summed E-state index contributed by atoms with van der Waals surface area (Å²) in [5, 5.41) is 3.72. The van der Waals surface area contributed by atoms with Gasteiger partial charge in [-0.3, -0.25) is 4.79 Å². The smallest absolute Gasteiger partial charge is 0.343 e. The molecule has 31 heavy (non-hydrogen) atoms. The van der Waals surface area contributed by atoms with Crippen molar-refractivity contribution in [3.05, 3.63) is 99.4 Å². The largest absolute Gasteiger partial charge is 0.423 e. The molecule has 0 bridgehead atoms. The summed E-state index contributed by atoms with van der Waals surface area (Å²) in [5.41, 5.74) is 2.87. The summed E-state index contributed by atoms with van der Waals surface area (Å²) in [6, 6.07) is 21.3. The van der Waals surface area contributed by atoms with E-state index in [1.165, 1.54) is 11.8 Å². The van der Waals surface area contributed by atoms with Gasteiger partial charge in [0.2, 0.25) is 0 Å². The molecule has 0 radical (unpaired) electrons. The van der Waals surface area contributed by atoms with Crippen molar-refractivity contribution in [1.82, 2.24) is 5.32 Å². The number of hydrogen-bond acceptors (Lipinski definition) is 5. The monoisotopic (exact) mass is 448 g/mol. The van der Waals surface area contributed by atoms with Gasteiger partial charge in [-0.25, -0.2) is 9.79 Å². The van der Waals surface area contributed by atoms with Crippen LogP contribution in [-0.4, -0.2) is 17.0 Å². The number of carbonyl (C=O) groups excluding carboxylic acids is 2. The number of rotatable bonds is 4. The zero-order valence-corrected chi connectivity index (χ0v) is 18.0. The van der Waals surface area contributed by atoms with Gasteiger partial charge in [0.05, 0.1) is 21.2 Å². The van der Waals surface area contributed by atoms with E-state index in [-0.39, 0.29) is 5.91 Å². The molecule has 1 aliphatic heterocycles. The molecule has 7 heteroatoms. The molecule has 5 nitrogen and oxygen atoms in total. The number of aliphatic imine (C=N–C) groups is 1. The summed E-state index contributed by atoms with van der Waals surface area (Å²) < 4.78 is 5.42. The maximum absolute atomic E-state index is 12.3. The summed E-state index contributed by atoms with van der Waals surface area (Å²) in [7, 11) is 0. The molecule has 0 aromatic heterocycles. The average molecular weight is 449 g/mol. The van der Waals surface area contributed by atoms with Crippen LogP contribution in [0, 0.1) is 6.92 Å². The molecule has 154 valence electrons. The van der Waals surface area contributed by atoms with Crippen LogP contribution in [-0.2, 0) is 4.79 Å². The predicted molar refractivity (Wildman–Crippen MR) is 125 cm³/mol. The lowest BCUT2D eigenvalue weighted by molar-refractivity contribution is -0.115. The van der Waals surface area contributed by atoms with Crippen LogP contribution in [0.2, 0.25) is 5.02 Å². The number of ether oxygens (including phenoxy) is 1. The van der Waals surface area contributed by atoms with Gasteiger partial charge in [-0.2, -0.15) is 0 Å². The number of aryl methyl sites for hydroxylation is 1. The molecule has 3 aromatic rings. The Kier molecular flexibility index (Phi) is 6.21. The van der Waals surface area contributed by atoms with Crippen molar-refractivity contribution in [3.63, 3.8) is 0 Å². The number of carbonyl (C=O) groups is 2. The van der Waals surface area contributed by atoms with E-state index in [9.17, 15) is 9.59 Å². The molecule has 0 aliphatic carbocycles. The van der Waals surface area contributed by atoms with E-state index in [0.29, 0.717) is 32.1 Å². The summed E-state index contributed by atoms with van der Waals surface area (Å²) >= 11 is 7.36. The Hall–Kier alpha value is -3.35. The fraction of sp³-hybridized carbons (Fsp3) is 0.0417. The van der Waals surface area contributed by atoms with Gasteiger partial charge in [0.15, 0.2) is 5.17 Å². The first kappa shape index (κ1) is 20.9. The van der Waals surface area contributed by atoms with E-state index < -0.39 is 5.97 Å². The minimum atomic E-state index is -0.416. The van der Waals surface area contributed by atoms with Crippen molar-refractivity contribution >= 4 is 52.2 Å². The number of hydrogen-bond donors (Lipinski definition) is 1. The Morgan fingerprint density at radius 2 is 1.84 bits per heavy atom. The van der Waals surface area contributed by atoms with Crippen LogP contribution in [0.5, 0.6) is 5.75 Å². The van der Waals surface area contributed by atoms with Crippen LogP contribution in [0.1, 0.15) is 21.5 Å². The molecule has 0 spiro atoms. The fourth-order valence-electron chi connectivity index (χ4n) is 2.85. The minimum Gasteiger partial charge on any atom is -0.423 e. The van der Waals surface area contributed by atoms with Crippen molar-refractivity contribution in [2.24, 2.45) is 4.99 Å². The molecule has 0 saturated carbocycles. The molecule has 3 aromatic carbocycles. The Morgan fingerprint density at radius 1 is 1.06 bits per heavy atom. The Bertz CT molecular complexity index is 1220. The molecule has 0 unspecified atom stereocenters. The first-order chi connectivity index (χ1) is 15.0. The van der Waals surface area contributed by atoms with Gasteiger partial charge in [-0.1, -0.05) is 53.6 Å². The normalized spacial score (nSPS) is 15.9.